The third-order valence-electron chi connectivity index (χ3n) is 5.45. The lowest BCUT2D eigenvalue weighted by Gasteiger charge is -2.35. The Morgan fingerprint density at radius 2 is 1.81 bits per heavy atom. The molecule has 0 radical (unpaired) electrons. The van der Waals surface area contributed by atoms with Crippen molar-refractivity contribution in [3.05, 3.63) is 72.4 Å². The molecule has 1 saturated heterocycles. The molecular weight excluding hydrogens is 338 g/mol. The first-order valence-corrected chi connectivity index (χ1v) is 9.31. The molecule has 1 unspecified atom stereocenters. The molecule has 1 aliphatic rings. The summed E-state index contributed by atoms with van der Waals surface area (Å²) in [5, 5.41) is 14.9. The van der Waals surface area contributed by atoms with Crippen LogP contribution in [0.15, 0.2) is 66.9 Å². The van der Waals surface area contributed by atoms with Crippen LogP contribution < -0.4 is 0 Å². The molecule has 0 spiro atoms. The van der Waals surface area contributed by atoms with Crippen molar-refractivity contribution in [1.29, 1.82) is 0 Å². The van der Waals surface area contributed by atoms with Crippen LogP contribution in [0.2, 0.25) is 0 Å². The van der Waals surface area contributed by atoms with Crippen LogP contribution in [-0.4, -0.2) is 52.2 Å². The highest BCUT2D eigenvalue weighted by molar-refractivity contribution is 5.63. The largest absolute Gasteiger partial charge is 0.394 e. The second-order valence-electron chi connectivity index (χ2n) is 7.19. The van der Waals surface area contributed by atoms with Gasteiger partial charge in [-0.1, -0.05) is 48.5 Å². The summed E-state index contributed by atoms with van der Waals surface area (Å²) in [6, 6.07) is 20.4. The summed E-state index contributed by atoms with van der Waals surface area (Å²) in [5.41, 5.74) is 3.91. The Balaban J connectivity index is 1.71. The molecule has 27 heavy (non-hydrogen) atoms. The normalized spacial score (nSPS) is 19.7. The molecular formula is C22H25N3O2. The fourth-order valence-corrected chi connectivity index (χ4v) is 3.64. The number of hydrogen-bond donors (Lipinski definition) is 1. The summed E-state index contributed by atoms with van der Waals surface area (Å²) in [7, 11) is 2.06. The van der Waals surface area contributed by atoms with Gasteiger partial charge in [-0.2, -0.15) is 5.10 Å². The maximum absolute atomic E-state index is 9.99. The first-order chi connectivity index (χ1) is 13.2. The van der Waals surface area contributed by atoms with Crippen molar-refractivity contribution in [2.75, 3.05) is 26.9 Å². The van der Waals surface area contributed by atoms with E-state index in [2.05, 4.69) is 42.4 Å². The zero-order valence-corrected chi connectivity index (χ0v) is 15.6. The minimum absolute atomic E-state index is 0.0942. The summed E-state index contributed by atoms with van der Waals surface area (Å²) >= 11 is 0. The lowest BCUT2D eigenvalue weighted by atomic mass is 9.97. The molecule has 1 N–H and O–H groups in total. The SMILES string of the molecule is CN(Cc1cn(-c2ccccc2)nc1-c1ccccc1)C1(CO)CCOC1. The van der Waals surface area contributed by atoms with Gasteiger partial charge in [0, 0.05) is 30.5 Å². The van der Waals surface area contributed by atoms with E-state index in [1.165, 1.54) is 0 Å². The molecule has 1 aromatic heterocycles. The van der Waals surface area contributed by atoms with E-state index in [4.69, 9.17) is 9.84 Å². The van der Waals surface area contributed by atoms with Crippen molar-refractivity contribution >= 4 is 0 Å². The molecule has 0 bridgehead atoms. The molecule has 5 heteroatoms. The standard InChI is InChI=1S/C22H25N3O2/c1-24(22(16-26)12-13-27-17-22)14-19-15-25(20-10-6-3-7-11-20)23-21(19)18-8-4-2-5-9-18/h2-11,15,26H,12-14,16-17H2,1H3. The third-order valence-corrected chi connectivity index (χ3v) is 5.45. The number of para-hydroxylation sites is 1. The van der Waals surface area contributed by atoms with Gasteiger partial charge in [-0.25, -0.2) is 4.68 Å². The summed E-state index contributed by atoms with van der Waals surface area (Å²) < 4.78 is 7.51. The minimum Gasteiger partial charge on any atom is -0.394 e. The lowest BCUT2D eigenvalue weighted by Crippen LogP contribution is -2.49. The monoisotopic (exact) mass is 363 g/mol. The Kier molecular flexibility index (Phi) is 5.07. The van der Waals surface area contributed by atoms with Crippen LogP contribution in [0.3, 0.4) is 0 Å². The zero-order valence-electron chi connectivity index (χ0n) is 15.6. The quantitative estimate of drug-likeness (QED) is 0.731. The zero-order chi connectivity index (χ0) is 18.7. The second-order valence-corrected chi connectivity index (χ2v) is 7.19. The van der Waals surface area contributed by atoms with Gasteiger partial charge in [0.15, 0.2) is 0 Å². The van der Waals surface area contributed by atoms with E-state index in [1.54, 1.807) is 0 Å². The molecule has 0 saturated carbocycles. The summed E-state index contributed by atoms with van der Waals surface area (Å²) in [4.78, 5) is 2.21. The van der Waals surface area contributed by atoms with E-state index in [0.29, 0.717) is 19.8 Å². The lowest BCUT2D eigenvalue weighted by molar-refractivity contribution is 0.0315. The van der Waals surface area contributed by atoms with Crippen molar-refractivity contribution in [1.82, 2.24) is 14.7 Å². The molecule has 4 rings (SSSR count). The summed E-state index contributed by atoms with van der Waals surface area (Å²) in [6.45, 7) is 2.05. The number of benzene rings is 2. The van der Waals surface area contributed by atoms with Gasteiger partial charge in [-0.05, 0) is 25.6 Å². The van der Waals surface area contributed by atoms with Crippen LogP contribution in [0.1, 0.15) is 12.0 Å². The van der Waals surface area contributed by atoms with Crippen molar-refractivity contribution in [2.24, 2.45) is 0 Å². The minimum atomic E-state index is -0.317. The van der Waals surface area contributed by atoms with Crippen LogP contribution in [-0.2, 0) is 11.3 Å². The molecule has 1 aliphatic heterocycles. The van der Waals surface area contributed by atoms with E-state index in [9.17, 15) is 5.11 Å². The summed E-state index contributed by atoms with van der Waals surface area (Å²) in [5.74, 6) is 0. The van der Waals surface area contributed by atoms with Crippen LogP contribution in [0.5, 0.6) is 0 Å². The predicted molar refractivity (Wildman–Crippen MR) is 106 cm³/mol. The fourth-order valence-electron chi connectivity index (χ4n) is 3.64. The fraction of sp³-hybridized carbons (Fsp3) is 0.318. The van der Waals surface area contributed by atoms with Gasteiger partial charge in [0.1, 0.15) is 0 Å². The van der Waals surface area contributed by atoms with Gasteiger partial charge >= 0.3 is 0 Å². The third kappa shape index (κ3) is 3.54. The summed E-state index contributed by atoms with van der Waals surface area (Å²) in [6.07, 6.45) is 2.93. The first-order valence-electron chi connectivity index (χ1n) is 9.31. The molecule has 1 fully saturated rings. The number of ether oxygens (including phenoxy) is 1. The van der Waals surface area contributed by atoms with Gasteiger partial charge in [0.2, 0.25) is 0 Å². The predicted octanol–water partition coefficient (Wildman–Crippen LogP) is 3.12. The number of aromatic nitrogens is 2. The number of aliphatic hydroxyl groups excluding tert-OH is 1. The first kappa shape index (κ1) is 17.9. The van der Waals surface area contributed by atoms with E-state index in [1.807, 2.05) is 41.1 Å². The highest BCUT2D eigenvalue weighted by Crippen LogP contribution is 2.30. The molecule has 1 atom stereocenters. The van der Waals surface area contributed by atoms with Crippen molar-refractivity contribution in [2.45, 2.75) is 18.5 Å². The Morgan fingerprint density at radius 3 is 2.44 bits per heavy atom. The molecule has 5 nitrogen and oxygen atoms in total. The molecule has 3 aromatic rings. The Bertz CT molecular complexity index is 871. The van der Waals surface area contributed by atoms with E-state index in [0.717, 1.165) is 28.9 Å². The van der Waals surface area contributed by atoms with Crippen molar-refractivity contribution in [3.8, 4) is 16.9 Å². The van der Waals surface area contributed by atoms with Crippen molar-refractivity contribution in [3.63, 3.8) is 0 Å². The highest BCUT2D eigenvalue weighted by atomic mass is 16.5. The van der Waals surface area contributed by atoms with Crippen LogP contribution >= 0.6 is 0 Å². The molecule has 0 amide bonds. The Labute approximate surface area is 159 Å². The maximum Gasteiger partial charge on any atom is 0.0972 e. The average molecular weight is 363 g/mol. The topological polar surface area (TPSA) is 50.5 Å². The van der Waals surface area contributed by atoms with E-state index < -0.39 is 0 Å². The number of rotatable bonds is 6. The average Bonchev–Trinajstić information content (AvgIpc) is 3.37. The molecule has 0 aliphatic carbocycles. The van der Waals surface area contributed by atoms with Gasteiger partial charge in [0.25, 0.3) is 0 Å². The van der Waals surface area contributed by atoms with Gasteiger partial charge < -0.3 is 9.84 Å². The number of hydrogen-bond acceptors (Lipinski definition) is 4. The highest BCUT2D eigenvalue weighted by Gasteiger charge is 2.38. The number of likely N-dealkylation sites (N-methyl/N-ethyl adjacent to an activating group) is 1. The van der Waals surface area contributed by atoms with E-state index in [-0.39, 0.29) is 12.1 Å². The molecule has 2 aromatic carbocycles. The van der Waals surface area contributed by atoms with Gasteiger partial charge in [-0.15, -0.1) is 0 Å². The number of nitrogens with zero attached hydrogens (tertiary/aromatic N) is 3. The molecule has 140 valence electrons. The van der Waals surface area contributed by atoms with E-state index >= 15 is 0 Å². The Hall–Kier alpha value is -2.47. The van der Waals surface area contributed by atoms with Crippen molar-refractivity contribution < 1.29 is 9.84 Å². The Morgan fingerprint density at radius 1 is 1.11 bits per heavy atom. The smallest absolute Gasteiger partial charge is 0.0972 e. The maximum atomic E-state index is 9.99. The molecule has 2 heterocycles. The second kappa shape index (κ2) is 7.64. The van der Waals surface area contributed by atoms with Crippen LogP contribution in [0.25, 0.3) is 16.9 Å². The van der Waals surface area contributed by atoms with Gasteiger partial charge in [0.05, 0.1) is 30.1 Å². The van der Waals surface area contributed by atoms with Crippen LogP contribution in [0, 0.1) is 0 Å². The van der Waals surface area contributed by atoms with Crippen LogP contribution in [0.4, 0.5) is 0 Å². The number of aliphatic hydroxyl groups is 1. The van der Waals surface area contributed by atoms with Gasteiger partial charge in [-0.3, -0.25) is 4.90 Å².